The third-order valence-electron chi connectivity index (χ3n) is 7.36. The minimum Gasteiger partial charge on any atom is -0.446 e. The van der Waals surface area contributed by atoms with E-state index in [0.29, 0.717) is 25.2 Å². The van der Waals surface area contributed by atoms with Gasteiger partial charge in [0.1, 0.15) is 11.6 Å². The molecule has 0 spiro atoms. The lowest BCUT2D eigenvalue weighted by Gasteiger charge is -2.34. The van der Waals surface area contributed by atoms with Gasteiger partial charge in [0.25, 0.3) is 0 Å². The molecular formula is C29H37N3O3. The largest absolute Gasteiger partial charge is 0.446 e. The van der Waals surface area contributed by atoms with Crippen LogP contribution in [0.4, 0.5) is 4.79 Å². The number of carbonyl (C=O) groups excluding carboxylic acids is 2. The number of hydrogen-bond acceptors (Lipinski definition) is 4. The molecule has 6 nitrogen and oxygen atoms in total. The van der Waals surface area contributed by atoms with E-state index in [2.05, 4.69) is 17.2 Å². The summed E-state index contributed by atoms with van der Waals surface area (Å²) in [5.74, 6) is 0.130. The van der Waals surface area contributed by atoms with Crippen molar-refractivity contribution in [3.8, 4) is 0 Å². The number of amides is 1. The summed E-state index contributed by atoms with van der Waals surface area (Å²) in [6, 6.07) is 17.2. The van der Waals surface area contributed by atoms with Gasteiger partial charge in [-0.15, -0.1) is 0 Å². The Kier molecular flexibility index (Phi) is 7.91. The predicted octanol–water partition coefficient (Wildman–Crippen LogP) is 5.30. The highest BCUT2D eigenvalue weighted by atomic mass is 16.6. The van der Waals surface area contributed by atoms with Crippen LogP contribution in [0.3, 0.4) is 0 Å². The zero-order chi connectivity index (χ0) is 24.8. The fraction of sp³-hybridized carbons (Fsp3) is 0.448. The zero-order valence-electron chi connectivity index (χ0n) is 20.8. The number of nitrogens with one attached hydrogen (secondary N) is 2. The molecule has 1 aromatic heterocycles. The Bertz CT molecular complexity index is 1140. The molecule has 1 aliphatic rings. The average molecular weight is 476 g/mol. The SMILES string of the molecule is CC1CCCCC1OC(=O)NC(C)(Cc1c[nH]c2ccccc12)C(=O)C(N)CCc1ccccc1. The summed E-state index contributed by atoms with van der Waals surface area (Å²) in [5.41, 5.74) is 8.31. The van der Waals surface area contributed by atoms with Crippen LogP contribution in [-0.4, -0.2) is 34.5 Å². The number of aromatic nitrogens is 1. The molecular weight excluding hydrogens is 438 g/mol. The summed E-state index contributed by atoms with van der Waals surface area (Å²) < 4.78 is 5.81. The predicted molar refractivity (Wildman–Crippen MR) is 139 cm³/mol. The van der Waals surface area contributed by atoms with Crippen molar-refractivity contribution in [1.29, 1.82) is 0 Å². The van der Waals surface area contributed by atoms with E-state index in [4.69, 9.17) is 10.5 Å². The van der Waals surface area contributed by atoms with Gasteiger partial charge in [0.2, 0.25) is 0 Å². The molecule has 4 atom stereocenters. The Balaban J connectivity index is 1.52. The van der Waals surface area contributed by atoms with Gasteiger partial charge in [-0.2, -0.15) is 0 Å². The normalized spacial score (nSPS) is 20.7. The second-order valence-corrected chi connectivity index (χ2v) is 10.2. The molecule has 1 amide bonds. The minimum atomic E-state index is -1.20. The fourth-order valence-electron chi connectivity index (χ4n) is 5.21. The second kappa shape index (κ2) is 11.1. The molecule has 4 N–H and O–H groups in total. The number of H-pyrrole nitrogens is 1. The lowest BCUT2D eigenvalue weighted by atomic mass is 9.83. The Labute approximate surface area is 207 Å². The molecule has 0 aliphatic heterocycles. The molecule has 1 aliphatic carbocycles. The number of hydrogen-bond donors (Lipinski definition) is 3. The van der Waals surface area contributed by atoms with Gasteiger partial charge in [-0.1, -0.05) is 61.9 Å². The summed E-state index contributed by atoms with van der Waals surface area (Å²) in [7, 11) is 0. The van der Waals surface area contributed by atoms with E-state index in [1.165, 1.54) is 0 Å². The van der Waals surface area contributed by atoms with Crippen molar-refractivity contribution in [2.75, 3.05) is 0 Å². The van der Waals surface area contributed by atoms with Gasteiger partial charge in [-0.3, -0.25) is 4.79 Å². The van der Waals surface area contributed by atoms with Crippen LogP contribution in [0, 0.1) is 5.92 Å². The number of fused-ring (bicyclic) bond motifs is 1. The number of ketones is 1. The summed E-state index contributed by atoms with van der Waals surface area (Å²) >= 11 is 0. The van der Waals surface area contributed by atoms with Crippen LogP contribution in [0.5, 0.6) is 0 Å². The van der Waals surface area contributed by atoms with Gasteiger partial charge in [-0.05, 0) is 62.1 Å². The monoisotopic (exact) mass is 475 g/mol. The first-order valence-electron chi connectivity index (χ1n) is 12.7. The van der Waals surface area contributed by atoms with Crippen molar-refractivity contribution in [3.63, 3.8) is 0 Å². The topological polar surface area (TPSA) is 97.2 Å². The van der Waals surface area contributed by atoms with E-state index in [0.717, 1.165) is 47.7 Å². The number of benzene rings is 2. The number of carbonyl (C=O) groups is 2. The molecule has 0 radical (unpaired) electrons. The van der Waals surface area contributed by atoms with Crippen LogP contribution in [0.15, 0.2) is 60.8 Å². The van der Waals surface area contributed by atoms with Crippen LogP contribution >= 0.6 is 0 Å². The molecule has 1 heterocycles. The highest BCUT2D eigenvalue weighted by molar-refractivity contribution is 5.96. The van der Waals surface area contributed by atoms with Crippen LogP contribution in [-0.2, 0) is 22.4 Å². The van der Waals surface area contributed by atoms with Crippen molar-refractivity contribution in [1.82, 2.24) is 10.3 Å². The van der Waals surface area contributed by atoms with Crippen LogP contribution < -0.4 is 11.1 Å². The standard InChI is InChI=1S/C29H37N3O3/c1-20-10-6-9-15-26(20)35-28(34)32-29(2,18-22-19-31-25-14-8-7-13-23(22)25)27(33)24(30)17-16-21-11-4-3-5-12-21/h3-5,7-8,11-14,19-20,24,26,31H,6,9-10,15-18,30H2,1-2H3,(H,32,34). The van der Waals surface area contributed by atoms with Crippen molar-refractivity contribution in [2.24, 2.45) is 11.7 Å². The Morgan fingerprint density at radius 2 is 1.83 bits per heavy atom. The number of aromatic amines is 1. The maximum atomic E-state index is 13.7. The third kappa shape index (κ3) is 6.12. The molecule has 4 unspecified atom stereocenters. The van der Waals surface area contributed by atoms with Gasteiger partial charge in [0.15, 0.2) is 5.78 Å². The number of para-hydroxylation sites is 1. The number of alkyl carbamates (subject to hydrolysis) is 1. The first-order valence-corrected chi connectivity index (χ1v) is 12.7. The summed E-state index contributed by atoms with van der Waals surface area (Å²) in [4.78, 5) is 30.0. The van der Waals surface area contributed by atoms with Crippen LogP contribution in [0.25, 0.3) is 10.9 Å². The summed E-state index contributed by atoms with van der Waals surface area (Å²) in [6.45, 7) is 3.89. The lowest BCUT2D eigenvalue weighted by molar-refractivity contribution is -0.126. The smallest absolute Gasteiger partial charge is 0.408 e. The van der Waals surface area contributed by atoms with Crippen molar-refractivity contribution >= 4 is 22.8 Å². The zero-order valence-corrected chi connectivity index (χ0v) is 20.8. The van der Waals surface area contributed by atoms with Gasteiger partial charge in [0, 0.05) is 23.5 Å². The van der Waals surface area contributed by atoms with Gasteiger partial charge in [-0.25, -0.2) is 4.79 Å². The third-order valence-corrected chi connectivity index (χ3v) is 7.36. The number of nitrogens with two attached hydrogens (primary N) is 1. The summed E-state index contributed by atoms with van der Waals surface area (Å²) in [5, 5.41) is 3.97. The molecule has 2 aromatic carbocycles. The highest BCUT2D eigenvalue weighted by Gasteiger charge is 2.40. The van der Waals surface area contributed by atoms with Gasteiger partial charge in [0.05, 0.1) is 6.04 Å². The molecule has 35 heavy (non-hydrogen) atoms. The maximum absolute atomic E-state index is 13.7. The second-order valence-electron chi connectivity index (χ2n) is 10.2. The van der Waals surface area contributed by atoms with Crippen molar-refractivity contribution in [3.05, 3.63) is 71.9 Å². The van der Waals surface area contributed by atoms with E-state index in [-0.39, 0.29) is 11.9 Å². The van der Waals surface area contributed by atoms with Crippen LogP contribution in [0.2, 0.25) is 0 Å². The summed E-state index contributed by atoms with van der Waals surface area (Å²) in [6.07, 6.45) is 6.88. The lowest BCUT2D eigenvalue weighted by Crippen LogP contribution is -2.59. The highest BCUT2D eigenvalue weighted by Crippen LogP contribution is 2.28. The number of aryl methyl sites for hydroxylation is 1. The molecule has 0 bridgehead atoms. The van der Waals surface area contributed by atoms with E-state index < -0.39 is 17.7 Å². The first-order chi connectivity index (χ1) is 16.9. The van der Waals surface area contributed by atoms with E-state index in [1.807, 2.05) is 60.8 Å². The van der Waals surface area contributed by atoms with Crippen molar-refractivity contribution in [2.45, 2.75) is 76.5 Å². The quantitative estimate of drug-likeness (QED) is 0.391. The number of rotatable bonds is 9. The Morgan fingerprint density at radius 3 is 2.60 bits per heavy atom. The average Bonchev–Trinajstić information content (AvgIpc) is 3.26. The molecule has 1 saturated carbocycles. The van der Waals surface area contributed by atoms with Gasteiger partial charge < -0.3 is 20.8 Å². The molecule has 0 saturated heterocycles. The van der Waals surface area contributed by atoms with Crippen molar-refractivity contribution < 1.29 is 14.3 Å². The minimum absolute atomic E-state index is 0.122. The molecule has 186 valence electrons. The van der Waals surface area contributed by atoms with E-state index >= 15 is 0 Å². The van der Waals surface area contributed by atoms with Gasteiger partial charge >= 0.3 is 6.09 Å². The van der Waals surface area contributed by atoms with E-state index in [9.17, 15) is 9.59 Å². The molecule has 3 aromatic rings. The van der Waals surface area contributed by atoms with Crippen LogP contribution in [0.1, 0.15) is 57.1 Å². The Hall–Kier alpha value is -3.12. The number of Topliss-reactive ketones (excluding diaryl/α,β-unsaturated/α-hetero) is 1. The first kappa shape index (κ1) is 25.0. The maximum Gasteiger partial charge on any atom is 0.408 e. The number of ether oxygens (including phenoxy) is 1. The fourth-order valence-corrected chi connectivity index (χ4v) is 5.21. The molecule has 1 fully saturated rings. The molecule has 6 heteroatoms. The Morgan fingerprint density at radius 1 is 1.11 bits per heavy atom. The van der Waals surface area contributed by atoms with E-state index in [1.54, 1.807) is 6.92 Å². The molecule has 4 rings (SSSR count).